The molecule has 274 valence electrons. The first-order valence-corrected chi connectivity index (χ1v) is 16.3. The molecule has 3 aromatic rings. The predicted octanol–water partition coefficient (Wildman–Crippen LogP) is 7.87. The molecule has 49 heavy (non-hydrogen) atoms. The van der Waals surface area contributed by atoms with Crippen molar-refractivity contribution >= 4 is 40.1 Å². The highest BCUT2D eigenvalue weighted by Crippen LogP contribution is 2.10. The van der Waals surface area contributed by atoms with Gasteiger partial charge in [-0.15, -0.1) is 0 Å². The molecular formula is C39H60N2O7S. The SMILES string of the molecule is C.C.C.CC(=O)CS(=O)Oc1ccccc1.CC(=O)Cc1ccccc1.CC(=O)Cc1ccncc1.CC(=O)N1CCCCC1.CC(C)=O. The van der Waals surface area contributed by atoms with Crippen LogP contribution in [0.2, 0.25) is 0 Å². The topological polar surface area (TPSA) is 128 Å². The smallest absolute Gasteiger partial charge is 0.219 e. The number of carbonyl (C=O) groups excluding carboxylic acids is 5. The first kappa shape index (κ1) is 51.5. The minimum absolute atomic E-state index is 0. The first-order chi connectivity index (χ1) is 21.8. The summed E-state index contributed by atoms with van der Waals surface area (Å²) in [6.45, 7) is 11.2. The van der Waals surface area contributed by atoms with E-state index < -0.39 is 11.1 Å². The Balaban J connectivity index is -0.000000262. The van der Waals surface area contributed by atoms with Crippen LogP contribution in [0.25, 0.3) is 0 Å². The van der Waals surface area contributed by atoms with Crippen LogP contribution >= 0.6 is 0 Å². The zero-order valence-corrected chi connectivity index (χ0v) is 28.7. The molecule has 2 aromatic carbocycles. The van der Waals surface area contributed by atoms with Gasteiger partial charge in [0.25, 0.3) is 0 Å². The number of hydrogen-bond acceptors (Lipinski definition) is 8. The number of Topliss-reactive ketones (excluding diaryl/α,β-unsaturated/α-hetero) is 4. The summed E-state index contributed by atoms with van der Waals surface area (Å²) >= 11 is -1.55. The van der Waals surface area contributed by atoms with E-state index >= 15 is 0 Å². The highest BCUT2D eigenvalue weighted by atomic mass is 32.2. The molecule has 0 saturated carbocycles. The Bertz CT molecular complexity index is 1270. The van der Waals surface area contributed by atoms with E-state index in [1.807, 2.05) is 53.4 Å². The van der Waals surface area contributed by atoms with Gasteiger partial charge in [-0.3, -0.25) is 24.2 Å². The summed E-state index contributed by atoms with van der Waals surface area (Å²) in [7, 11) is 0. The van der Waals surface area contributed by atoms with Gasteiger partial charge in [0.1, 0.15) is 34.6 Å². The molecule has 2 heterocycles. The summed E-state index contributed by atoms with van der Waals surface area (Å²) in [5.41, 5.74) is 2.12. The van der Waals surface area contributed by atoms with Crippen molar-refractivity contribution < 1.29 is 32.4 Å². The average Bonchev–Trinajstić information content (AvgIpc) is 2.99. The molecule has 0 bridgehead atoms. The van der Waals surface area contributed by atoms with Crippen molar-refractivity contribution in [2.75, 3.05) is 18.8 Å². The Kier molecular flexibility index (Phi) is 33.9. The molecule has 1 saturated heterocycles. The molecular weight excluding hydrogens is 641 g/mol. The van der Waals surface area contributed by atoms with Crippen molar-refractivity contribution in [3.63, 3.8) is 0 Å². The fraction of sp³-hybridized carbons (Fsp3) is 0.436. The van der Waals surface area contributed by atoms with E-state index in [0.29, 0.717) is 18.6 Å². The summed E-state index contributed by atoms with van der Waals surface area (Å²) in [6, 6.07) is 22.2. The Labute approximate surface area is 298 Å². The lowest BCUT2D eigenvalue weighted by atomic mass is 10.1. The van der Waals surface area contributed by atoms with Crippen LogP contribution in [0.15, 0.2) is 85.2 Å². The third-order valence-electron chi connectivity index (χ3n) is 5.55. The molecule has 1 aliphatic rings. The average molecular weight is 701 g/mol. The van der Waals surface area contributed by atoms with Crippen LogP contribution in [0.3, 0.4) is 0 Å². The normalized spacial score (nSPS) is 11.2. The number of likely N-dealkylation sites (tertiary alicyclic amines) is 1. The monoisotopic (exact) mass is 700 g/mol. The summed E-state index contributed by atoms with van der Waals surface area (Å²) in [6.07, 6.45) is 8.14. The van der Waals surface area contributed by atoms with Crippen molar-refractivity contribution in [1.82, 2.24) is 9.88 Å². The number of carbonyl (C=O) groups is 5. The predicted molar refractivity (Wildman–Crippen MR) is 203 cm³/mol. The number of pyridine rings is 1. The van der Waals surface area contributed by atoms with Crippen LogP contribution in [-0.4, -0.2) is 62.0 Å². The van der Waals surface area contributed by atoms with Crippen LogP contribution in [0.4, 0.5) is 0 Å². The van der Waals surface area contributed by atoms with E-state index in [0.717, 1.165) is 24.2 Å². The lowest BCUT2D eigenvalue weighted by molar-refractivity contribution is -0.129. The maximum atomic E-state index is 11.1. The van der Waals surface area contributed by atoms with Gasteiger partial charge in [-0.25, -0.2) is 4.21 Å². The molecule has 0 radical (unpaired) electrons. The van der Waals surface area contributed by atoms with E-state index in [1.54, 1.807) is 57.4 Å². The van der Waals surface area contributed by atoms with Crippen LogP contribution in [0.1, 0.15) is 94.2 Å². The molecule has 0 spiro atoms. The van der Waals surface area contributed by atoms with Gasteiger partial charge in [0.05, 0.1) is 0 Å². The van der Waals surface area contributed by atoms with Crippen LogP contribution in [0, 0.1) is 0 Å². The number of rotatable bonds is 8. The van der Waals surface area contributed by atoms with Gasteiger partial charge in [0.2, 0.25) is 17.0 Å². The Morgan fingerprint density at radius 1 is 0.633 bits per heavy atom. The minimum Gasteiger partial charge on any atom is -0.400 e. The molecule has 1 unspecified atom stereocenters. The number of benzene rings is 2. The maximum Gasteiger partial charge on any atom is 0.219 e. The van der Waals surface area contributed by atoms with Gasteiger partial charge in [0.15, 0.2) is 0 Å². The molecule has 1 atom stereocenters. The number of hydrogen-bond donors (Lipinski definition) is 0. The van der Waals surface area contributed by atoms with Crippen molar-refractivity contribution in [2.45, 2.75) is 95.9 Å². The Morgan fingerprint density at radius 2 is 1.04 bits per heavy atom. The van der Waals surface area contributed by atoms with Gasteiger partial charge in [-0.2, -0.15) is 0 Å². The highest BCUT2D eigenvalue weighted by Gasteiger charge is 2.11. The van der Waals surface area contributed by atoms with E-state index in [4.69, 9.17) is 4.18 Å². The van der Waals surface area contributed by atoms with Crippen molar-refractivity contribution in [2.24, 2.45) is 0 Å². The molecule has 0 aliphatic carbocycles. The zero-order valence-electron chi connectivity index (χ0n) is 27.9. The molecule has 1 aromatic heterocycles. The van der Waals surface area contributed by atoms with Gasteiger partial charge >= 0.3 is 0 Å². The van der Waals surface area contributed by atoms with Crippen LogP contribution in [-0.2, 0) is 47.9 Å². The Morgan fingerprint density at radius 3 is 1.41 bits per heavy atom. The summed E-state index contributed by atoms with van der Waals surface area (Å²) < 4.78 is 16.1. The standard InChI is InChI=1S/C9H10O3S.C9H10O.C8H9NO.C7H13NO.C3H6O.3CH4/c1-8(10)7-13(11)12-9-5-3-2-4-6-9;1-8(10)7-9-5-3-2-4-6-9;1-7(10)6-8-2-4-9-5-3-8;1-7(9)8-5-3-2-4-6-8;1-3(2)4;;;/h2-6H,7H2,1H3;2-6H,7H2,1H3;2-5H,6H2,1H3;2-6H2,1H3;1-2H3;3*1H4. The zero-order chi connectivity index (χ0) is 34.7. The Hall–Kier alpha value is -4.31. The summed E-state index contributed by atoms with van der Waals surface area (Å²) in [5, 5.41) is 0. The number of amides is 1. The summed E-state index contributed by atoms with van der Waals surface area (Å²) in [4.78, 5) is 57.7. The van der Waals surface area contributed by atoms with E-state index in [9.17, 15) is 28.2 Å². The second kappa shape index (κ2) is 32.2. The second-order valence-corrected chi connectivity index (χ2v) is 11.7. The molecule has 9 nitrogen and oxygen atoms in total. The quantitative estimate of drug-likeness (QED) is 0.232. The fourth-order valence-corrected chi connectivity index (χ4v) is 4.38. The van der Waals surface area contributed by atoms with Gasteiger partial charge < -0.3 is 13.9 Å². The third-order valence-corrected chi connectivity index (χ3v) is 6.57. The number of piperidine rings is 1. The van der Waals surface area contributed by atoms with Crippen molar-refractivity contribution in [1.29, 1.82) is 0 Å². The van der Waals surface area contributed by atoms with Crippen molar-refractivity contribution in [3.8, 4) is 5.75 Å². The molecule has 4 rings (SSSR count). The molecule has 0 N–H and O–H groups in total. The van der Waals surface area contributed by atoms with Crippen molar-refractivity contribution in [3.05, 3.63) is 96.3 Å². The number of ketones is 4. The number of para-hydroxylation sites is 1. The number of aromatic nitrogens is 1. The van der Waals surface area contributed by atoms with Gasteiger partial charge in [-0.1, -0.05) is 70.8 Å². The van der Waals surface area contributed by atoms with Gasteiger partial charge in [-0.05, 0) is 89.3 Å². The van der Waals surface area contributed by atoms with E-state index in [1.165, 1.54) is 40.0 Å². The highest BCUT2D eigenvalue weighted by molar-refractivity contribution is 7.81. The minimum atomic E-state index is -1.55. The van der Waals surface area contributed by atoms with Crippen LogP contribution in [0.5, 0.6) is 5.75 Å². The first-order valence-electron chi connectivity index (χ1n) is 15.1. The molecule has 1 aliphatic heterocycles. The maximum absolute atomic E-state index is 11.1. The fourth-order valence-electron chi connectivity index (χ4n) is 3.66. The third kappa shape index (κ3) is 33.4. The lowest BCUT2D eigenvalue weighted by Gasteiger charge is -2.24. The lowest BCUT2D eigenvalue weighted by Crippen LogP contribution is -2.33. The largest absolute Gasteiger partial charge is 0.400 e. The summed E-state index contributed by atoms with van der Waals surface area (Å²) in [5.74, 6) is 1.11. The number of nitrogens with zero attached hydrogens (tertiary/aromatic N) is 2. The molecule has 1 amide bonds. The van der Waals surface area contributed by atoms with E-state index in [2.05, 4.69) is 4.98 Å². The molecule has 1 fully saturated rings. The van der Waals surface area contributed by atoms with Gasteiger partial charge in [0, 0.05) is 45.2 Å². The second-order valence-electron chi connectivity index (χ2n) is 10.6. The molecule has 10 heteroatoms. The van der Waals surface area contributed by atoms with E-state index in [-0.39, 0.29) is 57.1 Å². The van der Waals surface area contributed by atoms with Crippen LogP contribution < -0.4 is 4.18 Å².